The Kier molecular flexibility index (Phi) is 3.65. The summed E-state index contributed by atoms with van der Waals surface area (Å²) in [4.78, 5) is 24.0. The van der Waals surface area contributed by atoms with E-state index in [0.717, 1.165) is 5.39 Å². The second-order valence-corrected chi connectivity index (χ2v) is 5.66. The van der Waals surface area contributed by atoms with E-state index < -0.39 is 0 Å². The molecule has 126 valence electrons. The molecular weight excluding hydrogens is 322 g/mol. The van der Waals surface area contributed by atoms with Gasteiger partial charge in [-0.05, 0) is 36.4 Å². The lowest BCUT2D eigenvalue weighted by Gasteiger charge is -2.04. The van der Waals surface area contributed by atoms with Crippen LogP contribution in [0.2, 0.25) is 0 Å². The molecule has 3 aromatic rings. The van der Waals surface area contributed by atoms with E-state index in [1.165, 1.54) is 0 Å². The van der Waals surface area contributed by atoms with E-state index in [0.29, 0.717) is 34.8 Å². The Balaban J connectivity index is 1.60. The standard InChI is InChI=1S/C19H15NO5/c1-2-18(21)20-13-5-3-11(4-6-13)19(22)17-8-12-7-15-16(24-10-23-15)9-14(12)25-17/h3-9H,2,10H2,1H3,(H,20,21). The maximum atomic E-state index is 12.6. The van der Waals surface area contributed by atoms with Crippen molar-refractivity contribution in [3.63, 3.8) is 0 Å². The molecule has 2 heterocycles. The van der Waals surface area contributed by atoms with Crippen molar-refractivity contribution >= 4 is 28.3 Å². The van der Waals surface area contributed by atoms with Gasteiger partial charge in [0.05, 0.1) is 0 Å². The zero-order valence-electron chi connectivity index (χ0n) is 13.5. The molecule has 0 unspecified atom stereocenters. The molecule has 1 amide bonds. The third-order valence-corrected chi connectivity index (χ3v) is 3.99. The number of rotatable bonds is 4. The largest absolute Gasteiger partial charge is 0.454 e. The number of ether oxygens (including phenoxy) is 2. The van der Waals surface area contributed by atoms with Gasteiger partial charge in [0.15, 0.2) is 17.3 Å². The Morgan fingerprint density at radius 3 is 2.48 bits per heavy atom. The lowest BCUT2D eigenvalue weighted by Crippen LogP contribution is -2.09. The van der Waals surface area contributed by atoms with E-state index in [2.05, 4.69) is 5.32 Å². The second kappa shape index (κ2) is 5.98. The zero-order chi connectivity index (χ0) is 17.4. The molecule has 2 aromatic carbocycles. The molecule has 6 nitrogen and oxygen atoms in total. The monoisotopic (exact) mass is 337 g/mol. The number of furan rings is 1. The van der Waals surface area contributed by atoms with E-state index in [4.69, 9.17) is 13.9 Å². The average Bonchev–Trinajstić information content (AvgIpc) is 3.25. The normalized spacial score (nSPS) is 12.4. The predicted molar refractivity (Wildman–Crippen MR) is 91.1 cm³/mol. The molecule has 1 aromatic heterocycles. The first-order chi connectivity index (χ1) is 12.1. The molecular formula is C19H15NO5. The topological polar surface area (TPSA) is 77.8 Å². The Hall–Kier alpha value is -3.28. The molecule has 1 aliphatic rings. The minimum absolute atomic E-state index is 0.0751. The van der Waals surface area contributed by atoms with Gasteiger partial charge < -0.3 is 19.2 Å². The smallest absolute Gasteiger partial charge is 0.231 e. The summed E-state index contributed by atoms with van der Waals surface area (Å²) in [5.74, 6) is 1.18. The minimum Gasteiger partial charge on any atom is -0.454 e. The van der Waals surface area contributed by atoms with Crippen molar-refractivity contribution in [2.24, 2.45) is 0 Å². The van der Waals surface area contributed by atoms with Crippen LogP contribution in [0.15, 0.2) is 46.9 Å². The van der Waals surface area contributed by atoms with E-state index >= 15 is 0 Å². The van der Waals surface area contributed by atoms with Gasteiger partial charge in [-0.25, -0.2) is 0 Å². The predicted octanol–water partition coefficient (Wildman–Crippen LogP) is 3.74. The Morgan fingerprint density at radius 1 is 1.04 bits per heavy atom. The number of carbonyl (C=O) groups excluding carboxylic acids is 2. The van der Waals surface area contributed by atoms with Crippen LogP contribution in [0.4, 0.5) is 5.69 Å². The minimum atomic E-state index is -0.230. The molecule has 0 aliphatic carbocycles. The average molecular weight is 337 g/mol. The quantitative estimate of drug-likeness (QED) is 0.734. The fourth-order valence-electron chi connectivity index (χ4n) is 2.64. The molecule has 0 spiro atoms. The van der Waals surface area contributed by atoms with Crippen LogP contribution in [0.25, 0.3) is 11.0 Å². The van der Waals surface area contributed by atoms with Gasteiger partial charge in [0.25, 0.3) is 0 Å². The van der Waals surface area contributed by atoms with Gasteiger partial charge in [0.2, 0.25) is 18.5 Å². The molecule has 0 saturated heterocycles. The van der Waals surface area contributed by atoms with Crippen LogP contribution in [-0.2, 0) is 4.79 Å². The lowest BCUT2D eigenvalue weighted by molar-refractivity contribution is -0.115. The molecule has 4 rings (SSSR count). The lowest BCUT2D eigenvalue weighted by atomic mass is 10.1. The third kappa shape index (κ3) is 2.82. The fraction of sp³-hybridized carbons (Fsp3) is 0.158. The highest BCUT2D eigenvalue weighted by atomic mass is 16.7. The van der Waals surface area contributed by atoms with Crippen molar-refractivity contribution in [2.75, 3.05) is 12.1 Å². The SMILES string of the molecule is CCC(=O)Nc1ccc(C(=O)c2cc3cc4c(cc3o2)OCO4)cc1. The number of ketones is 1. The van der Waals surface area contributed by atoms with Gasteiger partial charge >= 0.3 is 0 Å². The molecule has 0 saturated carbocycles. The van der Waals surface area contributed by atoms with Gasteiger partial charge in [-0.3, -0.25) is 9.59 Å². The molecule has 0 bridgehead atoms. The van der Waals surface area contributed by atoms with Crippen molar-refractivity contribution in [3.8, 4) is 11.5 Å². The summed E-state index contributed by atoms with van der Waals surface area (Å²) in [7, 11) is 0. The van der Waals surface area contributed by atoms with Gasteiger partial charge in [0.1, 0.15) is 5.58 Å². The molecule has 0 fully saturated rings. The summed E-state index contributed by atoms with van der Waals surface area (Å²) >= 11 is 0. The van der Waals surface area contributed by atoms with Crippen LogP contribution in [-0.4, -0.2) is 18.5 Å². The van der Waals surface area contributed by atoms with E-state index in [1.54, 1.807) is 49.4 Å². The van der Waals surface area contributed by atoms with Crippen LogP contribution >= 0.6 is 0 Å². The zero-order valence-corrected chi connectivity index (χ0v) is 13.5. The van der Waals surface area contributed by atoms with Gasteiger partial charge in [0, 0.05) is 29.1 Å². The number of hydrogen-bond acceptors (Lipinski definition) is 5. The summed E-state index contributed by atoms with van der Waals surface area (Å²) in [6.07, 6.45) is 0.400. The number of hydrogen-bond donors (Lipinski definition) is 1. The first-order valence-electron chi connectivity index (χ1n) is 7.92. The highest BCUT2D eigenvalue weighted by Crippen LogP contribution is 2.37. The van der Waals surface area contributed by atoms with E-state index in [9.17, 15) is 9.59 Å². The third-order valence-electron chi connectivity index (χ3n) is 3.99. The number of nitrogens with one attached hydrogen (secondary N) is 1. The van der Waals surface area contributed by atoms with Crippen molar-refractivity contribution in [3.05, 3.63) is 53.8 Å². The Morgan fingerprint density at radius 2 is 1.76 bits per heavy atom. The van der Waals surface area contributed by atoms with E-state index in [-0.39, 0.29) is 24.2 Å². The van der Waals surface area contributed by atoms with Crippen molar-refractivity contribution < 1.29 is 23.5 Å². The van der Waals surface area contributed by atoms with E-state index in [1.807, 2.05) is 0 Å². The van der Waals surface area contributed by atoms with Gasteiger partial charge in [-0.2, -0.15) is 0 Å². The number of amides is 1. The molecule has 6 heteroatoms. The molecule has 0 atom stereocenters. The number of fused-ring (bicyclic) bond motifs is 2. The van der Waals surface area contributed by atoms with Crippen LogP contribution < -0.4 is 14.8 Å². The Labute approximate surface area is 143 Å². The fourth-order valence-corrected chi connectivity index (χ4v) is 2.64. The summed E-state index contributed by atoms with van der Waals surface area (Å²) in [6.45, 7) is 1.97. The molecule has 1 N–H and O–H groups in total. The van der Waals surface area contributed by atoms with Crippen molar-refractivity contribution in [2.45, 2.75) is 13.3 Å². The first kappa shape index (κ1) is 15.3. The van der Waals surface area contributed by atoms with Gasteiger partial charge in [-0.1, -0.05) is 6.92 Å². The van der Waals surface area contributed by atoms with Crippen molar-refractivity contribution in [1.29, 1.82) is 0 Å². The first-order valence-corrected chi connectivity index (χ1v) is 7.92. The van der Waals surface area contributed by atoms with Gasteiger partial charge in [-0.15, -0.1) is 0 Å². The molecule has 1 aliphatic heterocycles. The van der Waals surface area contributed by atoms with Crippen LogP contribution in [0.5, 0.6) is 11.5 Å². The molecule has 0 radical (unpaired) electrons. The Bertz CT molecular complexity index is 930. The van der Waals surface area contributed by atoms with Crippen LogP contribution in [0.1, 0.15) is 29.5 Å². The highest BCUT2D eigenvalue weighted by Gasteiger charge is 2.19. The summed E-state index contributed by atoms with van der Waals surface area (Å²) in [5.41, 5.74) is 1.70. The van der Waals surface area contributed by atoms with Crippen LogP contribution in [0, 0.1) is 0 Å². The van der Waals surface area contributed by atoms with Crippen molar-refractivity contribution in [1.82, 2.24) is 0 Å². The summed E-state index contributed by atoms with van der Waals surface area (Å²) in [5, 5.41) is 3.52. The summed E-state index contributed by atoms with van der Waals surface area (Å²) in [6, 6.07) is 11.9. The second-order valence-electron chi connectivity index (χ2n) is 5.66. The maximum absolute atomic E-state index is 12.6. The number of carbonyl (C=O) groups is 2. The number of benzene rings is 2. The summed E-state index contributed by atoms with van der Waals surface area (Å²) < 4.78 is 16.3. The molecule has 25 heavy (non-hydrogen) atoms. The number of anilines is 1. The highest BCUT2D eigenvalue weighted by molar-refractivity contribution is 6.09. The maximum Gasteiger partial charge on any atom is 0.231 e. The van der Waals surface area contributed by atoms with Crippen LogP contribution in [0.3, 0.4) is 0 Å².